The molecule has 0 unspecified atom stereocenters. The Morgan fingerprint density at radius 1 is 1.04 bits per heavy atom. The molecule has 1 aromatic carbocycles. The molecule has 1 aliphatic carbocycles. The second kappa shape index (κ2) is 7.42. The number of methoxy groups -OCH3 is 2. The van der Waals surface area contributed by atoms with Crippen LogP contribution in [0.4, 0.5) is 5.82 Å². The van der Waals surface area contributed by atoms with Crippen LogP contribution in [-0.4, -0.2) is 61.4 Å². The van der Waals surface area contributed by atoms with E-state index in [1.807, 2.05) is 11.0 Å². The Hall–Kier alpha value is -2.83. The maximum Gasteiger partial charge on any atom is 0.257 e. The molecule has 2 heterocycles. The summed E-state index contributed by atoms with van der Waals surface area (Å²) in [5.74, 6) is 1.93. The number of aromatic nitrogens is 2. The summed E-state index contributed by atoms with van der Waals surface area (Å²) in [6.07, 6.45) is 3.29. The van der Waals surface area contributed by atoms with Crippen molar-refractivity contribution in [2.45, 2.75) is 19.3 Å². The summed E-state index contributed by atoms with van der Waals surface area (Å²) in [6.45, 7) is 2.76. The van der Waals surface area contributed by atoms with Gasteiger partial charge in [-0.3, -0.25) is 4.79 Å². The van der Waals surface area contributed by atoms with Crippen LogP contribution >= 0.6 is 0 Å². The predicted octanol–water partition coefficient (Wildman–Crippen LogP) is 1.94. The normalized spacial score (nSPS) is 16.2. The molecule has 4 rings (SSSR count). The number of carbonyl (C=O) groups excluding carboxylic acids is 1. The van der Waals surface area contributed by atoms with Crippen LogP contribution in [0.5, 0.6) is 11.5 Å². The lowest BCUT2D eigenvalue weighted by Gasteiger charge is -2.35. The molecule has 1 aromatic heterocycles. The molecule has 0 bridgehead atoms. The quantitative estimate of drug-likeness (QED) is 0.822. The number of para-hydroxylation sites is 1. The van der Waals surface area contributed by atoms with Crippen LogP contribution < -0.4 is 14.4 Å². The van der Waals surface area contributed by atoms with Gasteiger partial charge in [-0.1, -0.05) is 6.07 Å². The van der Waals surface area contributed by atoms with Crippen LogP contribution in [0.2, 0.25) is 0 Å². The summed E-state index contributed by atoms with van der Waals surface area (Å²) in [6, 6.07) is 7.55. The van der Waals surface area contributed by atoms with Crippen LogP contribution in [0.1, 0.15) is 28.0 Å². The summed E-state index contributed by atoms with van der Waals surface area (Å²) in [7, 11) is 3.13. The molecule has 1 amide bonds. The van der Waals surface area contributed by atoms with Crippen LogP contribution in [0.3, 0.4) is 0 Å². The van der Waals surface area contributed by atoms with Crippen LogP contribution in [0, 0.1) is 0 Å². The Balaban J connectivity index is 1.46. The minimum Gasteiger partial charge on any atom is -0.493 e. The second-order valence-electron chi connectivity index (χ2n) is 6.85. The summed E-state index contributed by atoms with van der Waals surface area (Å²) in [5, 5.41) is 8.76. The van der Waals surface area contributed by atoms with Gasteiger partial charge in [0.05, 0.1) is 25.5 Å². The fourth-order valence-electron chi connectivity index (χ4n) is 3.84. The van der Waals surface area contributed by atoms with Crippen molar-refractivity contribution in [3.05, 3.63) is 41.1 Å². The van der Waals surface area contributed by atoms with E-state index in [1.165, 1.54) is 5.56 Å². The molecule has 1 fully saturated rings. The first-order valence-corrected chi connectivity index (χ1v) is 9.32. The van der Waals surface area contributed by atoms with Crippen molar-refractivity contribution < 1.29 is 14.3 Å². The molecule has 1 saturated heterocycles. The molecule has 142 valence electrons. The lowest BCUT2D eigenvalue weighted by molar-refractivity contribution is 0.0742. The number of carbonyl (C=O) groups is 1. The Kier molecular flexibility index (Phi) is 4.83. The monoisotopic (exact) mass is 368 g/mol. The Morgan fingerprint density at radius 2 is 1.85 bits per heavy atom. The van der Waals surface area contributed by atoms with Gasteiger partial charge in [0.15, 0.2) is 17.3 Å². The molecule has 2 aromatic rings. The first-order valence-electron chi connectivity index (χ1n) is 9.32. The number of amides is 1. The number of hydrogen-bond donors (Lipinski definition) is 0. The molecular formula is C20H24N4O3. The van der Waals surface area contributed by atoms with Gasteiger partial charge in [0, 0.05) is 26.2 Å². The number of fused-ring (bicyclic) bond motifs is 1. The minimum atomic E-state index is -0.0366. The maximum atomic E-state index is 13.0. The van der Waals surface area contributed by atoms with Crippen molar-refractivity contribution in [1.29, 1.82) is 0 Å². The molecule has 7 nitrogen and oxygen atoms in total. The predicted molar refractivity (Wildman–Crippen MR) is 102 cm³/mol. The van der Waals surface area contributed by atoms with Gasteiger partial charge in [-0.15, -0.1) is 5.10 Å². The Labute approximate surface area is 158 Å². The summed E-state index contributed by atoms with van der Waals surface area (Å²) in [5.41, 5.74) is 2.99. The number of piperazine rings is 1. The van der Waals surface area contributed by atoms with Gasteiger partial charge in [-0.25, -0.2) is 0 Å². The van der Waals surface area contributed by atoms with E-state index in [-0.39, 0.29) is 5.91 Å². The molecule has 0 spiro atoms. The number of nitrogens with zero attached hydrogens (tertiary/aromatic N) is 4. The first kappa shape index (κ1) is 17.6. The van der Waals surface area contributed by atoms with Gasteiger partial charge in [-0.2, -0.15) is 5.10 Å². The highest BCUT2D eigenvalue weighted by molar-refractivity contribution is 5.98. The fraction of sp³-hybridized carbons (Fsp3) is 0.450. The van der Waals surface area contributed by atoms with Crippen molar-refractivity contribution in [2.24, 2.45) is 0 Å². The molecule has 7 heteroatoms. The van der Waals surface area contributed by atoms with E-state index in [0.717, 1.165) is 43.9 Å². The van der Waals surface area contributed by atoms with E-state index in [9.17, 15) is 4.79 Å². The zero-order chi connectivity index (χ0) is 18.8. The zero-order valence-corrected chi connectivity index (χ0v) is 15.8. The molecule has 0 N–H and O–H groups in total. The van der Waals surface area contributed by atoms with Crippen LogP contribution in [0.25, 0.3) is 0 Å². The number of hydrogen-bond acceptors (Lipinski definition) is 6. The number of aryl methyl sites for hydroxylation is 2. The van der Waals surface area contributed by atoms with Gasteiger partial charge >= 0.3 is 0 Å². The highest BCUT2D eigenvalue weighted by Gasteiger charge is 2.27. The van der Waals surface area contributed by atoms with E-state index >= 15 is 0 Å². The van der Waals surface area contributed by atoms with Crippen LogP contribution in [0.15, 0.2) is 24.3 Å². The topological polar surface area (TPSA) is 67.8 Å². The molecule has 0 radical (unpaired) electrons. The average Bonchev–Trinajstić information content (AvgIpc) is 3.20. The van der Waals surface area contributed by atoms with Gasteiger partial charge in [-0.05, 0) is 43.0 Å². The summed E-state index contributed by atoms with van der Waals surface area (Å²) >= 11 is 0. The van der Waals surface area contributed by atoms with E-state index in [4.69, 9.17) is 9.47 Å². The summed E-state index contributed by atoms with van der Waals surface area (Å²) < 4.78 is 10.7. The zero-order valence-electron chi connectivity index (χ0n) is 15.8. The number of rotatable bonds is 4. The van der Waals surface area contributed by atoms with Crippen molar-refractivity contribution in [1.82, 2.24) is 15.1 Å². The van der Waals surface area contributed by atoms with Gasteiger partial charge in [0.25, 0.3) is 5.91 Å². The Morgan fingerprint density at radius 3 is 2.59 bits per heavy atom. The van der Waals surface area contributed by atoms with Gasteiger partial charge in [0.1, 0.15) is 0 Å². The van der Waals surface area contributed by atoms with Gasteiger partial charge < -0.3 is 19.3 Å². The van der Waals surface area contributed by atoms with Gasteiger partial charge in [0.2, 0.25) is 0 Å². The smallest absolute Gasteiger partial charge is 0.257 e. The van der Waals surface area contributed by atoms with E-state index < -0.39 is 0 Å². The number of anilines is 1. The third-order valence-electron chi connectivity index (χ3n) is 5.33. The molecule has 2 aliphatic rings. The lowest BCUT2D eigenvalue weighted by Crippen LogP contribution is -2.49. The SMILES string of the molecule is COc1cccc(C(=O)N2CCN(c3cc4c(nn3)CCC4)CC2)c1OC. The third-order valence-corrected chi connectivity index (χ3v) is 5.33. The third kappa shape index (κ3) is 3.29. The average molecular weight is 368 g/mol. The molecule has 0 saturated carbocycles. The largest absolute Gasteiger partial charge is 0.493 e. The van der Waals surface area contributed by atoms with Crippen LogP contribution in [-0.2, 0) is 12.8 Å². The second-order valence-corrected chi connectivity index (χ2v) is 6.85. The molecular weight excluding hydrogens is 344 g/mol. The van der Waals surface area contributed by atoms with E-state index in [2.05, 4.69) is 21.2 Å². The fourth-order valence-corrected chi connectivity index (χ4v) is 3.84. The highest BCUT2D eigenvalue weighted by atomic mass is 16.5. The molecule has 0 atom stereocenters. The summed E-state index contributed by atoms with van der Waals surface area (Å²) in [4.78, 5) is 17.1. The van der Waals surface area contributed by atoms with E-state index in [0.29, 0.717) is 30.2 Å². The van der Waals surface area contributed by atoms with Crippen molar-refractivity contribution in [2.75, 3.05) is 45.3 Å². The minimum absolute atomic E-state index is 0.0366. The number of ether oxygens (including phenoxy) is 2. The maximum absolute atomic E-state index is 13.0. The molecule has 1 aliphatic heterocycles. The highest BCUT2D eigenvalue weighted by Crippen LogP contribution is 2.32. The van der Waals surface area contributed by atoms with Crippen molar-refractivity contribution in [3.8, 4) is 11.5 Å². The number of benzene rings is 1. The standard InChI is InChI=1S/C20H24N4O3/c1-26-17-8-4-6-15(19(17)27-2)20(25)24-11-9-23(10-12-24)18-13-14-5-3-7-16(14)21-22-18/h4,6,8,13H,3,5,7,9-12H2,1-2H3. The first-order chi connectivity index (χ1) is 13.2. The lowest BCUT2D eigenvalue weighted by atomic mass is 10.1. The Bertz CT molecular complexity index is 847. The van der Waals surface area contributed by atoms with Crippen molar-refractivity contribution in [3.63, 3.8) is 0 Å². The van der Waals surface area contributed by atoms with Crippen molar-refractivity contribution >= 4 is 11.7 Å². The molecule has 27 heavy (non-hydrogen) atoms. The van der Waals surface area contributed by atoms with E-state index in [1.54, 1.807) is 26.4 Å².